The number of hydrogen-bond donors (Lipinski definition) is 1. The highest BCUT2D eigenvalue weighted by Crippen LogP contribution is 2.15. The van der Waals surface area contributed by atoms with Crippen molar-refractivity contribution >= 4 is 17.2 Å². The number of benzene rings is 1. The van der Waals surface area contributed by atoms with Gasteiger partial charge in [-0.3, -0.25) is 9.80 Å². The molecular formula is C15H22FN3S. The lowest BCUT2D eigenvalue weighted by Crippen LogP contribution is -2.48. The van der Waals surface area contributed by atoms with Crippen molar-refractivity contribution < 1.29 is 4.39 Å². The van der Waals surface area contributed by atoms with Gasteiger partial charge in [0.25, 0.3) is 0 Å². The second-order valence-corrected chi connectivity index (χ2v) is 6.02. The van der Waals surface area contributed by atoms with E-state index >= 15 is 0 Å². The minimum Gasteiger partial charge on any atom is -0.389 e. The fourth-order valence-electron chi connectivity index (χ4n) is 2.51. The summed E-state index contributed by atoms with van der Waals surface area (Å²) >= 11 is 4.86. The van der Waals surface area contributed by atoms with Crippen LogP contribution < -0.4 is 5.73 Å². The first kappa shape index (κ1) is 15.4. The first-order valence-electron chi connectivity index (χ1n) is 7.02. The Kier molecular flexibility index (Phi) is 5.07. The van der Waals surface area contributed by atoms with E-state index in [1.54, 1.807) is 12.1 Å². The van der Waals surface area contributed by atoms with Crippen LogP contribution in [-0.4, -0.2) is 47.0 Å². The molecule has 0 bridgehead atoms. The average molecular weight is 295 g/mol. The van der Waals surface area contributed by atoms with Crippen LogP contribution in [0, 0.1) is 5.82 Å². The van der Waals surface area contributed by atoms with Crippen molar-refractivity contribution in [2.24, 2.45) is 5.73 Å². The SMILES string of the molecule is CC(C)N1CCN(Cc2ccc(C(N)=S)cc2F)CC1. The van der Waals surface area contributed by atoms with Crippen molar-refractivity contribution in [2.75, 3.05) is 26.2 Å². The Morgan fingerprint density at radius 1 is 1.30 bits per heavy atom. The van der Waals surface area contributed by atoms with Crippen molar-refractivity contribution in [1.82, 2.24) is 9.80 Å². The number of halogens is 1. The van der Waals surface area contributed by atoms with E-state index in [0.29, 0.717) is 23.7 Å². The molecular weight excluding hydrogens is 273 g/mol. The molecule has 110 valence electrons. The van der Waals surface area contributed by atoms with E-state index in [1.165, 1.54) is 6.07 Å². The first-order chi connectivity index (χ1) is 9.47. The highest BCUT2D eigenvalue weighted by molar-refractivity contribution is 7.80. The van der Waals surface area contributed by atoms with Gasteiger partial charge in [-0.2, -0.15) is 0 Å². The molecule has 5 heteroatoms. The van der Waals surface area contributed by atoms with Crippen molar-refractivity contribution in [2.45, 2.75) is 26.4 Å². The number of nitrogens with zero attached hydrogens (tertiary/aromatic N) is 2. The summed E-state index contributed by atoms with van der Waals surface area (Å²) in [6.45, 7) is 9.13. The van der Waals surface area contributed by atoms with Crippen LogP contribution in [0.15, 0.2) is 18.2 Å². The molecule has 1 aliphatic heterocycles. The Labute approximate surface area is 125 Å². The number of rotatable bonds is 4. The first-order valence-corrected chi connectivity index (χ1v) is 7.43. The molecule has 3 nitrogen and oxygen atoms in total. The largest absolute Gasteiger partial charge is 0.389 e. The molecule has 1 heterocycles. The molecule has 0 aliphatic carbocycles. The summed E-state index contributed by atoms with van der Waals surface area (Å²) in [5.41, 5.74) is 6.81. The van der Waals surface area contributed by atoms with E-state index in [-0.39, 0.29) is 10.8 Å². The Hall–Kier alpha value is -1.04. The van der Waals surface area contributed by atoms with Gasteiger partial charge in [0.1, 0.15) is 10.8 Å². The normalized spacial score (nSPS) is 17.6. The van der Waals surface area contributed by atoms with E-state index in [0.717, 1.165) is 26.2 Å². The van der Waals surface area contributed by atoms with Crippen LogP contribution in [0.5, 0.6) is 0 Å². The lowest BCUT2D eigenvalue weighted by atomic mass is 10.1. The molecule has 0 amide bonds. The number of hydrogen-bond acceptors (Lipinski definition) is 3. The summed E-state index contributed by atoms with van der Waals surface area (Å²) < 4.78 is 14.0. The maximum Gasteiger partial charge on any atom is 0.128 e. The number of thiocarbonyl (C=S) groups is 1. The monoisotopic (exact) mass is 295 g/mol. The fraction of sp³-hybridized carbons (Fsp3) is 0.533. The molecule has 20 heavy (non-hydrogen) atoms. The molecule has 2 N–H and O–H groups in total. The highest BCUT2D eigenvalue weighted by Gasteiger charge is 2.19. The zero-order chi connectivity index (χ0) is 14.7. The van der Waals surface area contributed by atoms with Crippen molar-refractivity contribution in [1.29, 1.82) is 0 Å². The average Bonchev–Trinajstić information content (AvgIpc) is 2.41. The lowest BCUT2D eigenvalue weighted by molar-refractivity contribution is 0.103. The van der Waals surface area contributed by atoms with Gasteiger partial charge in [-0.1, -0.05) is 24.4 Å². The van der Waals surface area contributed by atoms with Gasteiger partial charge in [0.15, 0.2) is 0 Å². The molecule has 0 aromatic heterocycles. The quantitative estimate of drug-likeness (QED) is 0.861. The summed E-state index contributed by atoms with van der Waals surface area (Å²) in [6, 6.07) is 5.60. The van der Waals surface area contributed by atoms with Crippen molar-refractivity contribution in [3.05, 3.63) is 35.1 Å². The molecule has 0 unspecified atom stereocenters. The maximum absolute atomic E-state index is 14.0. The molecule has 0 saturated carbocycles. The van der Waals surface area contributed by atoms with Gasteiger partial charge in [0, 0.05) is 49.9 Å². The second-order valence-electron chi connectivity index (χ2n) is 5.58. The van der Waals surface area contributed by atoms with Crippen LogP contribution in [-0.2, 0) is 6.54 Å². The van der Waals surface area contributed by atoms with Gasteiger partial charge >= 0.3 is 0 Å². The van der Waals surface area contributed by atoms with E-state index in [4.69, 9.17) is 18.0 Å². The summed E-state index contributed by atoms with van der Waals surface area (Å²) in [6.07, 6.45) is 0. The van der Waals surface area contributed by atoms with Gasteiger partial charge in [-0.05, 0) is 19.9 Å². The Bertz CT molecular complexity index is 482. The predicted octanol–water partition coefficient (Wildman–Crippen LogP) is 1.99. The van der Waals surface area contributed by atoms with E-state index in [2.05, 4.69) is 23.6 Å². The maximum atomic E-state index is 14.0. The highest BCUT2D eigenvalue weighted by atomic mass is 32.1. The van der Waals surface area contributed by atoms with Gasteiger partial charge < -0.3 is 5.73 Å². The van der Waals surface area contributed by atoms with Crippen LogP contribution in [0.4, 0.5) is 4.39 Å². The van der Waals surface area contributed by atoms with E-state index < -0.39 is 0 Å². The van der Waals surface area contributed by atoms with Crippen LogP contribution in [0.25, 0.3) is 0 Å². The zero-order valence-electron chi connectivity index (χ0n) is 12.1. The molecule has 0 spiro atoms. The molecule has 1 aromatic carbocycles. The Morgan fingerprint density at radius 3 is 2.45 bits per heavy atom. The third-order valence-corrected chi connectivity index (χ3v) is 4.10. The van der Waals surface area contributed by atoms with Gasteiger partial charge in [-0.25, -0.2) is 4.39 Å². The summed E-state index contributed by atoms with van der Waals surface area (Å²) in [5.74, 6) is -0.221. The van der Waals surface area contributed by atoms with Crippen molar-refractivity contribution in [3.8, 4) is 0 Å². The third kappa shape index (κ3) is 3.75. The van der Waals surface area contributed by atoms with Crippen LogP contribution in [0.2, 0.25) is 0 Å². The Balaban J connectivity index is 1.96. The second kappa shape index (κ2) is 6.61. The smallest absolute Gasteiger partial charge is 0.128 e. The van der Waals surface area contributed by atoms with Crippen LogP contribution in [0.3, 0.4) is 0 Å². The Morgan fingerprint density at radius 2 is 1.95 bits per heavy atom. The minimum absolute atomic E-state index is 0.221. The van der Waals surface area contributed by atoms with Gasteiger partial charge in [0.05, 0.1) is 0 Å². The minimum atomic E-state index is -0.221. The lowest BCUT2D eigenvalue weighted by Gasteiger charge is -2.37. The molecule has 2 rings (SSSR count). The summed E-state index contributed by atoms with van der Waals surface area (Å²) in [4.78, 5) is 4.97. The number of piperazine rings is 1. The molecule has 1 aliphatic rings. The van der Waals surface area contributed by atoms with Crippen LogP contribution >= 0.6 is 12.2 Å². The topological polar surface area (TPSA) is 32.5 Å². The van der Waals surface area contributed by atoms with Crippen LogP contribution in [0.1, 0.15) is 25.0 Å². The van der Waals surface area contributed by atoms with E-state index in [1.807, 2.05) is 0 Å². The summed E-state index contributed by atoms with van der Waals surface area (Å²) in [5, 5.41) is 0. The fourth-order valence-corrected chi connectivity index (χ4v) is 2.63. The molecule has 1 saturated heterocycles. The summed E-state index contributed by atoms with van der Waals surface area (Å²) in [7, 11) is 0. The predicted molar refractivity (Wildman–Crippen MR) is 84.3 cm³/mol. The molecule has 0 atom stereocenters. The molecule has 1 aromatic rings. The molecule has 0 radical (unpaired) electrons. The van der Waals surface area contributed by atoms with Gasteiger partial charge in [0.2, 0.25) is 0 Å². The standard InChI is InChI=1S/C15H22FN3S/c1-11(2)19-7-5-18(6-8-19)10-13-4-3-12(15(17)20)9-14(13)16/h3-4,9,11H,5-8,10H2,1-2H3,(H2,17,20). The van der Waals surface area contributed by atoms with E-state index in [9.17, 15) is 4.39 Å². The van der Waals surface area contributed by atoms with Crippen molar-refractivity contribution in [3.63, 3.8) is 0 Å². The number of nitrogens with two attached hydrogens (primary N) is 1. The zero-order valence-corrected chi connectivity index (χ0v) is 12.9. The van der Waals surface area contributed by atoms with Gasteiger partial charge in [-0.15, -0.1) is 0 Å². The third-order valence-electron chi connectivity index (χ3n) is 3.87. The molecule has 1 fully saturated rings.